The van der Waals surface area contributed by atoms with Gasteiger partial charge in [0.25, 0.3) is 0 Å². The van der Waals surface area contributed by atoms with Crippen molar-refractivity contribution in [1.82, 2.24) is 15.5 Å². The van der Waals surface area contributed by atoms with E-state index < -0.39 is 0 Å². The Balaban J connectivity index is 1.90. The van der Waals surface area contributed by atoms with Gasteiger partial charge in [-0.05, 0) is 25.6 Å². The van der Waals surface area contributed by atoms with E-state index >= 15 is 0 Å². The zero-order valence-electron chi connectivity index (χ0n) is 12.5. The van der Waals surface area contributed by atoms with Crippen molar-refractivity contribution in [2.45, 2.75) is 32.2 Å². The number of nitrogens with one attached hydrogen (secondary N) is 1. The minimum absolute atomic E-state index is 0.158. The molecule has 1 N–H and O–H groups in total. The third-order valence-corrected chi connectivity index (χ3v) is 3.89. The molecule has 2 heterocycles. The Hall–Kier alpha value is -2.14. The summed E-state index contributed by atoms with van der Waals surface area (Å²) in [5, 5.41) is 8.35. The summed E-state index contributed by atoms with van der Waals surface area (Å²) in [6.07, 6.45) is 1.00. The second-order valence-electron chi connectivity index (χ2n) is 5.20. The van der Waals surface area contributed by atoms with Crippen molar-refractivity contribution in [1.29, 1.82) is 0 Å². The molecular formula is C16H19N3O2. The lowest BCUT2D eigenvalue weighted by molar-refractivity contribution is 0.326. The predicted molar refractivity (Wildman–Crippen MR) is 81.1 cm³/mol. The Labute approximate surface area is 123 Å². The molecule has 2 unspecified atom stereocenters. The third-order valence-electron chi connectivity index (χ3n) is 3.89. The van der Waals surface area contributed by atoms with Crippen LogP contribution < -0.4 is 5.32 Å². The van der Waals surface area contributed by atoms with E-state index in [1.807, 2.05) is 37.4 Å². The molecule has 3 rings (SSSR count). The SMILES string of the molecule is CCC(NC)C(C)c1nc(-c2cc3ccccc3o2)no1. The molecule has 0 aliphatic rings. The van der Waals surface area contributed by atoms with Gasteiger partial charge in [-0.3, -0.25) is 0 Å². The summed E-state index contributed by atoms with van der Waals surface area (Å²) in [6.45, 7) is 4.22. The highest BCUT2D eigenvalue weighted by molar-refractivity contribution is 5.81. The van der Waals surface area contributed by atoms with Gasteiger partial charge in [-0.25, -0.2) is 0 Å². The van der Waals surface area contributed by atoms with E-state index in [0.717, 1.165) is 17.4 Å². The average molecular weight is 285 g/mol. The molecule has 0 saturated heterocycles. The van der Waals surface area contributed by atoms with Crippen molar-refractivity contribution in [3.63, 3.8) is 0 Å². The van der Waals surface area contributed by atoms with Crippen LogP contribution in [0.5, 0.6) is 0 Å². The zero-order valence-corrected chi connectivity index (χ0v) is 12.5. The van der Waals surface area contributed by atoms with Crippen molar-refractivity contribution in [2.24, 2.45) is 0 Å². The zero-order chi connectivity index (χ0) is 14.8. The van der Waals surface area contributed by atoms with Crippen LogP contribution in [0.15, 0.2) is 39.3 Å². The molecule has 0 bridgehead atoms. The molecule has 0 fully saturated rings. The molecule has 21 heavy (non-hydrogen) atoms. The Morgan fingerprint density at radius 1 is 1.29 bits per heavy atom. The van der Waals surface area contributed by atoms with E-state index in [1.54, 1.807) is 0 Å². The van der Waals surface area contributed by atoms with Gasteiger partial charge in [-0.15, -0.1) is 0 Å². The van der Waals surface area contributed by atoms with Gasteiger partial charge < -0.3 is 14.3 Å². The maximum Gasteiger partial charge on any atom is 0.238 e. The number of aromatic nitrogens is 2. The smallest absolute Gasteiger partial charge is 0.238 e. The van der Waals surface area contributed by atoms with Crippen molar-refractivity contribution in [2.75, 3.05) is 7.05 Å². The van der Waals surface area contributed by atoms with Crippen LogP contribution in [-0.2, 0) is 0 Å². The number of hydrogen-bond donors (Lipinski definition) is 1. The number of para-hydroxylation sites is 1. The summed E-state index contributed by atoms with van der Waals surface area (Å²) in [5.74, 6) is 1.92. The van der Waals surface area contributed by atoms with E-state index in [1.165, 1.54) is 0 Å². The molecule has 0 aliphatic carbocycles. The number of likely N-dealkylation sites (N-methyl/N-ethyl adjacent to an activating group) is 1. The predicted octanol–water partition coefficient (Wildman–Crippen LogP) is 3.58. The van der Waals surface area contributed by atoms with Gasteiger partial charge >= 0.3 is 0 Å². The third kappa shape index (κ3) is 2.56. The normalized spacial score (nSPS) is 14.4. The molecule has 2 atom stereocenters. The lowest BCUT2D eigenvalue weighted by Gasteiger charge is -2.18. The number of benzene rings is 1. The molecule has 5 heteroatoms. The van der Waals surface area contributed by atoms with Crippen LogP contribution in [0.4, 0.5) is 0 Å². The summed E-state index contributed by atoms with van der Waals surface area (Å²) in [7, 11) is 1.95. The van der Waals surface area contributed by atoms with E-state index in [4.69, 9.17) is 8.94 Å². The second kappa shape index (κ2) is 5.69. The maximum atomic E-state index is 5.76. The van der Waals surface area contributed by atoms with Crippen LogP contribution in [0.2, 0.25) is 0 Å². The maximum absolute atomic E-state index is 5.76. The number of furan rings is 1. The Morgan fingerprint density at radius 2 is 2.10 bits per heavy atom. The first-order chi connectivity index (χ1) is 10.2. The summed E-state index contributed by atoms with van der Waals surface area (Å²) >= 11 is 0. The summed E-state index contributed by atoms with van der Waals surface area (Å²) in [4.78, 5) is 4.48. The van der Waals surface area contributed by atoms with E-state index in [9.17, 15) is 0 Å². The number of fused-ring (bicyclic) bond motifs is 1. The van der Waals surface area contributed by atoms with Crippen LogP contribution in [0.25, 0.3) is 22.6 Å². The number of nitrogens with zero attached hydrogens (tertiary/aromatic N) is 2. The fourth-order valence-corrected chi connectivity index (χ4v) is 2.59. The van der Waals surface area contributed by atoms with Crippen LogP contribution in [0.3, 0.4) is 0 Å². The highest BCUT2D eigenvalue weighted by atomic mass is 16.5. The highest BCUT2D eigenvalue weighted by Crippen LogP contribution is 2.27. The standard InChI is InChI=1S/C16H19N3O2/c1-4-12(17-3)10(2)16-18-15(19-21-16)14-9-11-7-5-6-8-13(11)20-14/h5-10,12,17H,4H2,1-3H3. The fourth-order valence-electron chi connectivity index (χ4n) is 2.59. The monoisotopic (exact) mass is 285 g/mol. The van der Waals surface area contributed by atoms with Gasteiger partial charge in [0.2, 0.25) is 11.7 Å². The largest absolute Gasteiger partial charge is 0.453 e. The molecular weight excluding hydrogens is 266 g/mol. The molecule has 0 aliphatic heterocycles. The first-order valence-corrected chi connectivity index (χ1v) is 7.22. The highest BCUT2D eigenvalue weighted by Gasteiger charge is 2.23. The van der Waals surface area contributed by atoms with Crippen LogP contribution in [-0.4, -0.2) is 23.2 Å². The molecule has 0 amide bonds. The van der Waals surface area contributed by atoms with Crippen molar-refractivity contribution in [3.05, 3.63) is 36.2 Å². The van der Waals surface area contributed by atoms with Gasteiger partial charge in [-0.2, -0.15) is 4.98 Å². The summed E-state index contributed by atoms with van der Waals surface area (Å²) < 4.78 is 11.2. The fraction of sp³-hybridized carbons (Fsp3) is 0.375. The molecule has 110 valence electrons. The first-order valence-electron chi connectivity index (χ1n) is 7.22. The quantitative estimate of drug-likeness (QED) is 0.776. The molecule has 0 saturated carbocycles. The van der Waals surface area contributed by atoms with Crippen LogP contribution in [0, 0.1) is 0 Å². The second-order valence-corrected chi connectivity index (χ2v) is 5.20. The number of rotatable bonds is 5. The average Bonchev–Trinajstić information content (AvgIpc) is 3.14. The Bertz CT molecular complexity index is 695. The molecule has 1 aromatic carbocycles. The Morgan fingerprint density at radius 3 is 2.81 bits per heavy atom. The minimum Gasteiger partial charge on any atom is -0.453 e. The molecule has 0 radical (unpaired) electrons. The lowest BCUT2D eigenvalue weighted by atomic mass is 10.00. The summed E-state index contributed by atoms with van der Waals surface area (Å²) in [5.41, 5.74) is 0.827. The Kier molecular flexibility index (Phi) is 3.75. The first kappa shape index (κ1) is 13.8. The van der Waals surface area contributed by atoms with E-state index in [0.29, 0.717) is 23.5 Å². The van der Waals surface area contributed by atoms with Gasteiger partial charge in [0.15, 0.2) is 5.76 Å². The summed E-state index contributed by atoms with van der Waals surface area (Å²) in [6, 6.07) is 10.1. The molecule has 5 nitrogen and oxygen atoms in total. The van der Waals surface area contributed by atoms with Crippen LogP contribution >= 0.6 is 0 Å². The van der Waals surface area contributed by atoms with Crippen molar-refractivity contribution >= 4 is 11.0 Å². The van der Waals surface area contributed by atoms with Gasteiger partial charge in [0.05, 0.1) is 5.92 Å². The minimum atomic E-state index is 0.158. The molecule has 3 aromatic rings. The van der Waals surface area contributed by atoms with E-state index in [2.05, 4.69) is 29.3 Å². The topological polar surface area (TPSA) is 64.1 Å². The van der Waals surface area contributed by atoms with Crippen molar-refractivity contribution < 1.29 is 8.94 Å². The van der Waals surface area contributed by atoms with Gasteiger partial charge in [0, 0.05) is 11.4 Å². The molecule has 2 aromatic heterocycles. The molecule has 0 spiro atoms. The van der Waals surface area contributed by atoms with E-state index in [-0.39, 0.29) is 5.92 Å². The van der Waals surface area contributed by atoms with Gasteiger partial charge in [-0.1, -0.05) is 37.2 Å². The van der Waals surface area contributed by atoms with Crippen molar-refractivity contribution in [3.8, 4) is 11.6 Å². The van der Waals surface area contributed by atoms with Crippen LogP contribution in [0.1, 0.15) is 32.1 Å². The van der Waals surface area contributed by atoms with Gasteiger partial charge in [0.1, 0.15) is 5.58 Å². The number of hydrogen-bond acceptors (Lipinski definition) is 5. The lowest BCUT2D eigenvalue weighted by Crippen LogP contribution is -2.30.